The van der Waals surface area contributed by atoms with Gasteiger partial charge in [0.2, 0.25) is 0 Å². The summed E-state index contributed by atoms with van der Waals surface area (Å²) in [7, 11) is 0. The summed E-state index contributed by atoms with van der Waals surface area (Å²) in [6.07, 6.45) is 0. The minimum absolute atomic E-state index is 0.574. The normalized spacial score (nSPS) is 12.2. The number of halogens is 1. The number of aliphatic carboxylic acids is 1. The van der Waals surface area contributed by atoms with Gasteiger partial charge in [-0.25, -0.2) is 4.79 Å². The summed E-state index contributed by atoms with van der Waals surface area (Å²) in [6, 6.07) is 6.68. The summed E-state index contributed by atoms with van der Waals surface area (Å²) in [5.74, 6) is -0.850. The Morgan fingerprint density at radius 2 is 2.13 bits per heavy atom. The van der Waals surface area contributed by atoms with E-state index in [0.717, 1.165) is 5.69 Å². The number of carboxylic acid groups (broad SMARTS) is 1. The first kappa shape index (κ1) is 11.9. The SMILES string of the molecule is CCN(c1ccccc1Cl)[C@H](C)C(=O)O. The average Bonchev–Trinajstić information content (AvgIpc) is 2.21. The molecule has 0 saturated carbocycles. The van der Waals surface area contributed by atoms with Crippen LogP contribution in [0, 0.1) is 0 Å². The number of anilines is 1. The van der Waals surface area contributed by atoms with Crippen LogP contribution in [0.3, 0.4) is 0 Å². The minimum Gasteiger partial charge on any atom is -0.480 e. The van der Waals surface area contributed by atoms with E-state index in [-0.39, 0.29) is 0 Å². The van der Waals surface area contributed by atoms with Crippen molar-refractivity contribution in [2.24, 2.45) is 0 Å². The lowest BCUT2D eigenvalue weighted by Crippen LogP contribution is -2.39. The Hall–Kier alpha value is -1.22. The van der Waals surface area contributed by atoms with Crippen molar-refractivity contribution in [1.82, 2.24) is 0 Å². The zero-order chi connectivity index (χ0) is 11.4. The van der Waals surface area contributed by atoms with Crippen LogP contribution in [-0.4, -0.2) is 23.7 Å². The van der Waals surface area contributed by atoms with Gasteiger partial charge in [0, 0.05) is 6.54 Å². The van der Waals surface area contributed by atoms with Crippen LogP contribution in [-0.2, 0) is 4.79 Å². The quantitative estimate of drug-likeness (QED) is 0.860. The maximum Gasteiger partial charge on any atom is 0.326 e. The Bertz CT molecular complexity index is 354. The first-order valence-electron chi connectivity index (χ1n) is 4.82. The Labute approximate surface area is 94.3 Å². The number of nitrogens with zero attached hydrogens (tertiary/aromatic N) is 1. The van der Waals surface area contributed by atoms with E-state index in [4.69, 9.17) is 16.7 Å². The third-order valence-electron chi connectivity index (χ3n) is 2.33. The number of carboxylic acids is 1. The number of para-hydroxylation sites is 1. The molecular formula is C11H14ClNO2. The van der Waals surface area contributed by atoms with Crippen molar-refractivity contribution in [2.45, 2.75) is 19.9 Å². The first-order chi connectivity index (χ1) is 7.07. The molecule has 0 aliphatic heterocycles. The van der Waals surface area contributed by atoms with E-state index in [2.05, 4.69) is 0 Å². The van der Waals surface area contributed by atoms with Crippen molar-refractivity contribution >= 4 is 23.3 Å². The molecule has 3 nitrogen and oxygen atoms in total. The lowest BCUT2D eigenvalue weighted by atomic mass is 10.2. The van der Waals surface area contributed by atoms with Gasteiger partial charge in [-0.15, -0.1) is 0 Å². The number of hydrogen-bond donors (Lipinski definition) is 1. The van der Waals surface area contributed by atoms with E-state index in [9.17, 15) is 4.79 Å². The van der Waals surface area contributed by atoms with Gasteiger partial charge in [0.15, 0.2) is 0 Å². The largest absolute Gasteiger partial charge is 0.480 e. The van der Waals surface area contributed by atoms with Crippen molar-refractivity contribution in [3.05, 3.63) is 29.3 Å². The maximum absolute atomic E-state index is 10.9. The smallest absolute Gasteiger partial charge is 0.326 e. The topological polar surface area (TPSA) is 40.5 Å². The summed E-state index contributed by atoms with van der Waals surface area (Å²) >= 11 is 6.01. The third-order valence-corrected chi connectivity index (χ3v) is 2.65. The zero-order valence-corrected chi connectivity index (χ0v) is 9.53. The molecule has 0 aromatic heterocycles. The molecular weight excluding hydrogens is 214 g/mol. The third kappa shape index (κ3) is 2.63. The monoisotopic (exact) mass is 227 g/mol. The fourth-order valence-electron chi connectivity index (χ4n) is 1.47. The summed E-state index contributed by atoms with van der Waals surface area (Å²) in [5, 5.41) is 9.53. The Morgan fingerprint density at radius 3 is 2.60 bits per heavy atom. The van der Waals surface area contributed by atoms with E-state index in [1.807, 2.05) is 25.1 Å². The Kier molecular flexibility index (Phi) is 3.97. The van der Waals surface area contributed by atoms with E-state index in [1.165, 1.54) is 0 Å². The van der Waals surface area contributed by atoms with Crippen molar-refractivity contribution in [3.8, 4) is 0 Å². The van der Waals surface area contributed by atoms with Crippen molar-refractivity contribution in [2.75, 3.05) is 11.4 Å². The van der Waals surface area contributed by atoms with Crippen LogP contribution in [0.15, 0.2) is 24.3 Å². The molecule has 0 fully saturated rings. The van der Waals surface area contributed by atoms with Gasteiger partial charge in [-0.2, -0.15) is 0 Å². The highest BCUT2D eigenvalue weighted by molar-refractivity contribution is 6.33. The van der Waals surface area contributed by atoms with E-state index in [0.29, 0.717) is 11.6 Å². The van der Waals surface area contributed by atoms with Gasteiger partial charge in [-0.3, -0.25) is 0 Å². The molecule has 1 atom stereocenters. The molecule has 0 radical (unpaired) electrons. The van der Waals surface area contributed by atoms with Crippen LogP contribution >= 0.6 is 11.6 Å². The predicted molar refractivity (Wildman–Crippen MR) is 61.6 cm³/mol. The molecule has 4 heteroatoms. The molecule has 1 rings (SSSR count). The molecule has 1 aromatic carbocycles. The van der Waals surface area contributed by atoms with Gasteiger partial charge < -0.3 is 10.0 Å². The summed E-state index contributed by atoms with van der Waals surface area (Å²) in [4.78, 5) is 12.7. The number of hydrogen-bond acceptors (Lipinski definition) is 2. The summed E-state index contributed by atoms with van der Waals surface area (Å²) in [6.45, 7) is 4.16. The standard InChI is InChI=1S/C11H14ClNO2/c1-3-13(8(2)11(14)15)10-7-5-4-6-9(10)12/h4-8H,3H2,1-2H3,(H,14,15)/t8-/m1/s1. The molecule has 1 N–H and O–H groups in total. The average molecular weight is 228 g/mol. The van der Waals surface area contributed by atoms with E-state index in [1.54, 1.807) is 17.9 Å². The molecule has 82 valence electrons. The van der Waals surface area contributed by atoms with Crippen LogP contribution in [0.2, 0.25) is 5.02 Å². The lowest BCUT2D eigenvalue weighted by Gasteiger charge is -2.27. The van der Waals surface area contributed by atoms with Crippen LogP contribution in [0.5, 0.6) is 0 Å². The van der Waals surface area contributed by atoms with Gasteiger partial charge in [-0.1, -0.05) is 23.7 Å². The molecule has 0 spiro atoms. The fraction of sp³-hybridized carbons (Fsp3) is 0.364. The molecule has 0 unspecified atom stereocenters. The number of carbonyl (C=O) groups is 1. The first-order valence-corrected chi connectivity index (χ1v) is 5.19. The van der Waals surface area contributed by atoms with Gasteiger partial charge >= 0.3 is 5.97 Å². The predicted octanol–water partition coefficient (Wildman–Crippen LogP) is 2.64. The summed E-state index contributed by atoms with van der Waals surface area (Å²) in [5.41, 5.74) is 0.761. The van der Waals surface area contributed by atoms with Crippen LogP contribution in [0.25, 0.3) is 0 Å². The second-order valence-electron chi connectivity index (χ2n) is 3.25. The summed E-state index contributed by atoms with van der Waals surface area (Å²) < 4.78 is 0. The van der Waals surface area contributed by atoms with Crippen molar-refractivity contribution in [3.63, 3.8) is 0 Å². The van der Waals surface area contributed by atoms with Crippen LogP contribution < -0.4 is 4.90 Å². The molecule has 0 aliphatic rings. The number of benzene rings is 1. The molecule has 0 saturated heterocycles. The minimum atomic E-state index is -0.850. The second-order valence-corrected chi connectivity index (χ2v) is 3.66. The van der Waals surface area contributed by atoms with E-state index < -0.39 is 12.0 Å². The second kappa shape index (κ2) is 5.03. The molecule has 1 aromatic rings. The van der Waals surface area contributed by atoms with Gasteiger partial charge in [0.1, 0.15) is 6.04 Å². The van der Waals surface area contributed by atoms with Gasteiger partial charge in [-0.05, 0) is 26.0 Å². The molecule has 0 aliphatic carbocycles. The Balaban J connectivity index is 3.02. The van der Waals surface area contributed by atoms with Crippen LogP contribution in [0.4, 0.5) is 5.69 Å². The fourth-order valence-corrected chi connectivity index (χ4v) is 1.72. The van der Waals surface area contributed by atoms with Crippen LogP contribution in [0.1, 0.15) is 13.8 Å². The van der Waals surface area contributed by atoms with Gasteiger partial charge in [0.05, 0.1) is 10.7 Å². The highest BCUT2D eigenvalue weighted by atomic mass is 35.5. The highest BCUT2D eigenvalue weighted by Crippen LogP contribution is 2.26. The molecule has 0 amide bonds. The molecule has 15 heavy (non-hydrogen) atoms. The Morgan fingerprint density at radius 1 is 1.53 bits per heavy atom. The van der Waals surface area contributed by atoms with E-state index >= 15 is 0 Å². The number of likely N-dealkylation sites (N-methyl/N-ethyl adjacent to an activating group) is 1. The lowest BCUT2D eigenvalue weighted by molar-refractivity contribution is -0.138. The maximum atomic E-state index is 10.9. The highest BCUT2D eigenvalue weighted by Gasteiger charge is 2.20. The number of rotatable bonds is 4. The van der Waals surface area contributed by atoms with Crippen molar-refractivity contribution < 1.29 is 9.90 Å². The van der Waals surface area contributed by atoms with Crippen molar-refractivity contribution in [1.29, 1.82) is 0 Å². The zero-order valence-electron chi connectivity index (χ0n) is 8.77. The molecule has 0 bridgehead atoms. The molecule has 0 heterocycles. The van der Waals surface area contributed by atoms with Gasteiger partial charge in [0.25, 0.3) is 0 Å².